The predicted molar refractivity (Wildman–Crippen MR) is 103 cm³/mol. The fourth-order valence-electron chi connectivity index (χ4n) is 3.39. The van der Waals surface area contributed by atoms with Crippen molar-refractivity contribution in [2.75, 3.05) is 18.0 Å². The van der Waals surface area contributed by atoms with Gasteiger partial charge in [-0.05, 0) is 37.1 Å². The molecule has 3 heterocycles. The third kappa shape index (κ3) is 3.20. The van der Waals surface area contributed by atoms with E-state index >= 15 is 0 Å². The van der Waals surface area contributed by atoms with Gasteiger partial charge in [-0.1, -0.05) is 11.6 Å². The van der Waals surface area contributed by atoms with E-state index in [0.29, 0.717) is 29.3 Å². The van der Waals surface area contributed by atoms with Crippen LogP contribution in [0.4, 0.5) is 11.8 Å². The van der Waals surface area contributed by atoms with E-state index < -0.39 is 10.0 Å². The Labute approximate surface area is 161 Å². The number of benzene rings is 1. The summed E-state index contributed by atoms with van der Waals surface area (Å²) in [6, 6.07) is 5.97. The van der Waals surface area contributed by atoms with E-state index in [4.69, 9.17) is 23.1 Å². The zero-order valence-corrected chi connectivity index (χ0v) is 15.9. The molecule has 2 aromatic heterocycles. The molecule has 1 saturated heterocycles. The summed E-state index contributed by atoms with van der Waals surface area (Å²) < 4.78 is 29.4. The lowest BCUT2D eigenvalue weighted by atomic mass is 10.2. The Morgan fingerprint density at radius 3 is 2.67 bits per heavy atom. The number of anilines is 2. The molecular weight excluding hydrogens is 390 g/mol. The van der Waals surface area contributed by atoms with Crippen molar-refractivity contribution in [3.63, 3.8) is 0 Å². The average molecular weight is 408 g/mol. The van der Waals surface area contributed by atoms with Crippen LogP contribution in [0.3, 0.4) is 0 Å². The van der Waals surface area contributed by atoms with Crippen LogP contribution in [0.5, 0.6) is 0 Å². The van der Waals surface area contributed by atoms with Gasteiger partial charge in [0.25, 0.3) is 0 Å². The van der Waals surface area contributed by atoms with Crippen molar-refractivity contribution < 1.29 is 8.42 Å². The van der Waals surface area contributed by atoms with Crippen LogP contribution in [0.25, 0.3) is 11.2 Å². The lowest BCUT2D eigenvalue weighted by molar-refractivity contribution is 0.354. The van der Waals surface area contributed by atoms with Gasteiger partial charge in [-0.3, -0.25) is 0 Å². The van der Waals surface area contributed by atoms with Gasteiger partial charge < -0.3 is 16.0 Å². The third-order valence-corrected chi connectivity index (χ3v) is 6.88. The second-order valence-electron chi connectivity index (χ2n) is 6.40. The maximum Gasteiger partial charge on any atom is 0.243 e. The normalized spacial score (nSPS) is 18.3. The molecule has 27 heavy (non-hydrogen) atoms. The molecule has 1 aromatic carbocycles. The summed E-state index contributed by atoms with van der Waals surface area (Å²) in [5.41, 5.74) is 12.5. The zero-order chi connectivity index (χ0) is 19.2. The molecule has 1 fully saturated rings. The number of sulfonamides is 1. The smallest absolute Gasteiger partial charge is 0.243 e. The minimum absolute atomic E-state index is 0.0545. The Balaban J connectivity index is 1.65. The van der Waals surface area contributed by atoms with Crippen LogP contribution in [0.15, 0.2) is 35.5 Å². The van der Waals surface area contributed by atoms with E-state index in [1.54, 1.807) is 23.0 Å². The van der Waals surface area contributed by atoms with Crippen molar-refractivity contribution in [1.29, 1.82) is 0 Å². The Morgan fingerprint density at radius 1 is 1.19 bits per heavy atom. The number of imidazole rings is 1. The van der Waals surface area contributed by atoms with Crippen LogP contribution in [0, 0.1) is 0 Å². The second-order valence-corrected chi connectivity index (χ2v) is 8.73. The molecule has 4 N–H and O–H groups in total. The van der Waals surface area contributed by atoms with Crippen molar-refractivity contribution in [2.45, 2.75) is 30.3 Å². The van der Waals surface area contributed by atoms with Crippen LogP contribution >= 0.6 is 11.6 Å². The summed E-state index contributed by atoms with van der Waals surface area (Å²) in [6.07, 6.45) is 3.10. The molecule has 0 spiro atoms. The summed E-state index contributed by atoms with van der Waals surface area (Å²) in [4.78, 5) is 12.6. The number of nitrogens with zero attached hydrogens (tertiary/aromatic N) is 5. The molecule has 0 aliphatic carbocycles. The number of halogens is 1. The molecule has 142 valence electrons. The first-order chi connectivity index (χ1) is 12.9. The summed E-state index contributed by atoms with van der Waals surface area (Å²) in [5, 5.41) is 0.492. The Hall–Kier alpha value is -2.43. The number of nitrogens with two attached hydrogens (primary N) is 2. The van der Waals surface area contributed by atoms with Gasteiger partial charge in [0, 0.05) is 24.2 Å². The van der Waals surface area contributed by atoms with Crippen molar-refractivity contribution in [2.24, 2.45) is 0 Å². The van der Waals surface area contributed by atoms with Crippen LogP contribution in [0.2, 0.25) is 5.02 Å². The van der Waals surface area contributed by atoms with Gasteiger partial charge in [0.05, 0.1) is 11.2 Å². The fourth-order valence-corrected chi connectivity index (χ4v) is 5.21. The molecule has 1 aliphatic rings. The maximum absolute atomic E-state index is 13.0. The number of rotatable bonds is 4. The molecule has 0 amide bonds. The highest BCUT2D eigenvalue weighted by Gasteiger charge is 2.35. The highest BCUT2D eigenvalue weighted by atomic mass is 35.5. The molecule has 3 aromatic rings. The lowest BCUT2D eigenvalue weighted by Gasteiger charge is -2.24. The molecule has 11 heteroatoms. The van der Waals surface area contributed by atoms with Gasteiger partial charge in [0.1, 0.15) is 5.52 Å². The van der Waals surface area contributed by atoms with Gasteiger partial charge in [0.2, 0.25) is 16.0 Å². The average Bonchev–Trinajstić information content (AvgIpc) is 3.24. The SMILES string of the molecule is Nc1nc(N)c2ncn(C[C@@H]3CCCN3S(=O)(=O)c3ccc(Cl)cc3)c2n1. The minimum Gasteiger partial charge on any atom is -0.382 e. The van der Waals surface area contributed by atoms with Gasteiger partial charge in [-0.15, -0.1) is 0 Å². The van der Waals surface area contributed by atoms with Crippen LogP contribution in [0.1, 0.15) is 12.8 Å². The monoisotopic (exact) mass is 407 g/mol. The standard InChI is InChI=1S/C16H18ClN7O2S/c17-10-3-5-12(6-4-10)27(25,26)24-7-1-2-11(24)8-23-9-20-13-14(18)21-16(19)22-15(13)23/h3-6,9,11H,1-2,7-8H2,(H4,18,19,21,22)/t11-/m0/s1. The Morgan fingerprint density at radius 2 is 1.93 bits per heavy atom. The molecule has 1 atom stereocenters. The molecule has 9 nitrogen and oxygen atoms in total. The van der Waals surface area contributed by atoms with Gasteiger partial charge >= 0.3 is 0 Å². The highest BCUT2D eigenvalue weighted by Crippen LogP contribution is 2.28. The van der Waals surface area contributed by atoms with Gasteiger partial charge in [-0.2, -0.15) is 14.3 Å². The van der Waals surface area contributed by atoms with Crippen LogP contribution in [-0.4, -0.2) is 44.8 Å². The fraction of sp³-hybridized carbons (Fsp3) is 0.312. The molecule has 4 rings (SSSR count). The summed E-state index contributed by atoms with van der Waals surface area (Å²) in [6.45, 7) is 0.862. The lowest BCUT2D eigenvalue weighted by Crippen LogP contribution is -2.38. The molecule has 0 saturated carbocycles. The van der Waals surface area contributed by atoms with Crippen molar-refractivity contribution in [3.8, 4) is 0 Å². The predicted octanol–water partition coefficient (Wildman–Crippen LogP) is 1.50. The minimum atomic E-state index is -3.62. The molecule has 0 radical (unpaired) electrons. The van der Waals surface area contributed by atoms with E-state index in [1.807, 2.05) is 0 Å². The molecule has 0 unspecified atom stereocenters. The number of hydrogen-bond donors (Lipinski definition) is 2. The number of fused-ring (bicyclic) bond motifs is 1. The Bertz CT molecular complexity index is 1100. The third-order valence-electron chi connectivity index (χ3n) is 4.66. The number of aromatic nitrogens is 4. The zero-order valence-electron chi connectivity index (χ0n) is 14.3. The largest absolute Gasteiger partial charge is 0.382 e. The van der Waals surface area contributed by atoms with Crippen molar-refractivity contribution >= 4 is 44.6 Å². The van der Waals surface area contributed by atoms with Gasteiger partial charge in [0.15, 0.2) is 11.5 Å². The molecule has 0 bridgehead atoms. The highest BCUT2D eigenvalue weighted by molar-refractivity contribution is 7.89. The molecule has 1 aliphatic heterocycles. The first-order valence-electron chi connectivity index (χ1n) is 8.37. The molecular formula is C16H18ClN7O2S. The maximum atomic E-state index is 13.0. The van der Waals surface area contributed by atoms with Crippen molar-refractivity contribution in [1.82, 2.24) is 23.8 Å². The van der Waals surface area contributed by atoms with E-state index in [1.165, 1.54) is 16.4 Å². The summed E-state index contributed by atoms with van der Waals surface area (Å²) >= 11 is 5.87. The van der Waals surface area contributed by atoms with Crippen molar-refractivity contribution in [3.05, 3.63) is 35.6 Å². The topological polar surface area (TPSA) is 133 Å². The second kappa shape index (κ2) is 6.63. The summed E-state index contributed by atoms with van der Waals surface area (Å²) in [5.74, 6) is 0.257. The summed E-state index contributed by atoms with van der Waals surface area (Å²) in [7, 11) is -3.62. The van der Waals surface area contributed by atoms with Gasteiger partial charge in [-0.25, -0.2) is 13.4 Å². The van der Waals surface area contributed by atoms with E-state index in [2.05, 4.69) is 15.0 Å². The first kappa shape index (κ1) is 18.0. The van der Waals surface area contributed by atoms with Crippen LogP contribution < -0.4 is 11.5 Å². The quantitative estimate of drug-likeness (QED) is 0.669. The number of nitrogen functional groups attached to an aromatic ring is 2. The number of hydrogen-bond acceptors (Lipinski definition) is 7. The first-order valence-corrected chi connectivity index (χ1v) is 10.2. The van der Waals surface area contributed by atoms with E-state index in [-0.39, 0.29) is 22.7 Å². The Kier molecular flexibility index (Phi) is 4.41. The van der Waals surface area contributed by atoms with E-state index in [9.17, 15) is 8.42 Å². The van der Waals surface area contributed by atoms with Crippen LogP contribution in [-0.2, 0) is 16.6 Å². The van der Waals surface area contributed by atoms with E-state index in [0.717, 1.165) is 12.8 Å².